The molecule has 0 spiro atoms. The van der Waals surface area contributed by atoms with Crippen LogP contribution in [0.25, 0.3) is 22.2 Å². The third-order valence-corrected chi connectivity index (χ3v) is 6.13. The van der Waals surface area contributed by atoms with Crippen molar-refractivity contribution >= 4 is 33.6 Å². The van der Waals surface area contributed by atoms with E-state index in [1.807, 2.05) is 36.4 Å². The molecule has 2 atom stereocenters. The maximum absolute atomic E-state index is 12.7. The summed E-state index contributed by atoms with van der Waals surface area (Å²) in [6.07, 6.45) is 0.373. The van der Waals surface area contributed by atoms with E-state index in [1.54, 1.807) is 20.2 Å². The van der Waals surface area contributed by atoms with Crippen molar-refractivity contribution in [1.29, 1.82) is 0 Å². The summed E-state index contributed by atoms with van der Waals surface area (Å²) in [7, 11) is 1.53. The number of carbonyl (C=O) groups is 1. The SMILES string of the molecule is CN(C)C(=O)NS(=O)c1ccc(N2CCC(O)C2)c(-c2cc3ccccc3[nH]2)c1. The van der Waals surface area contributed by atoms with Gasteiger partial charge in [0.05, 0.1) is 11.0 Å². The molecule has 2 amide bonds. The first-order valence-electron chi connectivity index (χ1n) is 9.47. The lowest BCUT2D eigenvalue weighted by Gasteiger charge is -2.22. The molecule has 3 aromatic rings. The lowest BCUT2D eigenvalue weighted by Crippen LogP contribution is -2.35. The average molecular weight is 413 g/mol. The molecule has 29 heavy (non-hydrogen) atoms. The number of aromatic amines is 1. The second kappa shape index (κ2) is 7.88. The van der Waals surface area contributed by atoms with Gasteiger partial charge in [-0.05, 0) is 36.8 Å². The first kappa shape index (κ1) is 19.5. The molecule has 1 fully saturated rings. The van der Waals surface area contributed by atoms with E-state index in [0.717, 1.165) is 40.8 Å². The smallest absolute Gasteiger partial charge is 0.328 e. The third-order valence-electron chi connectivity index (χ3n) is 5.09. The van der Waals surface area contributed by atoms with Gasteiger partial charge in [-0.3, -0.25) is 4.72 Å². The number of hydrogen-bond acceptors (Lipinski definition) is 4. The number of benzene rings is 2. The normalized spacial score (nSPS) is 17.5. The number of aliphatic hydroxyl groups is 1. The predicted molar refractivity (Wildman–Crippen MR) is 115 cm³/mol. The zero-order valence-electron chi connectivity index (χ0n) is 16.4. The highest BCUT2D eigenvalue weighted by Gasteiger charge is 2.24. The zero-order valence-corrected chi connectivity index (χ0v) is 17.2. The molecule has 0 radical (unpaired) electrons. The minimum Gasteiger partial charge on any atom is -0.391 e. The first-order valence-corrected chi connectivity index (χ1v) is 10.6. The lowest BCUT2D eigenvalue weighted by atomic mass is 10.1. The molecule has 1 aliphatic heterocycles. The Morgan fingerprint density at radius 3 is 2.72 bits per heavy atom. The highest BCUT2D eigenvalue weighted by atomic mass is 32.2. The van der Waals surface area contributed by atoms with Gasteiger partial charge in [-0.15, -0.1) is 0 Å². The molecule has 0 bridgehead atoms. The Bertz CT molecular complexity index is 1050. The van der Waals surface area contributed by atoms with Gasteiger partial charge in [0.25, 0.3) is 0 Å². The van der Waals surface area contributed by atoms with Crippen molar-refractivity contribution in [3.8, 4) is 11.3 Å². The summed E-state index contributed by atoms with van der Waals surface area (Å²) >= 11 is 0. The number of H-pyrrole nitrogens is 1. The molecule has 1 aromatic heterocycles. The zero-order chi connectivity index (χ0) is 20.5. The van der Waals surface area contributed by atoms with Gasteiger partial charge < -0.3 is 19.9 Å². The van der Waals surface area contributed by atoms with E-state index >= 15 is 0 Å². The number of rotatable bonds is 4. The van der Waals surface area contributed by atoms with Crippen LogP contribution in [0, 0.1) is 0 Å². The number of hydrogen-bond donors (Lipinski definition) is 3. The van der Waals surface area contributed by atoms with Gasteiger partial charge >= 0.3 is 6.03 Å². The number of aromatic nitrogens is 1. The third kappa shape index (κ3) is 3.99. The van der Waals surface area contributed by atoms with E-state index in [-0.39, 0.29) is 6.10 Å². The summed E-state index contributed by atoms with van der Waals surface area (Å²) < 4.78 is 15.2. The van der Waals surface area contributed by atoms with E-state index in [4.69, 9.17) is 0 Å². The van der Waals surface area contributed by atoms with Crippen LogP contribution in [0.2, 0.25) is 0 Å². The molecule has 0 saturated carbocycles. The van der Waals surface area contributed by atoms with Crippen molar-refractivity contribution in [3.63, 3.8) is 0 Å². The Morgan fingerprint density at radius 2 is 2.03 bits per heavy atom. The van der Waals surface area contributed by atoms with E-state index in [1.165, 1.54) is 4.90 Å². The highest BCUT2D eigenvalue weighted by Crippen LogP contribution is 2.35. The molecule has 1 saturated heterocycles. The van der Waals surface area contributed by atoms with Gasteiger partial charge in [0, 0.05) is 55.0 Å². The van der Waals surface area contributed by atoms with Crippen LogP contribution >= 0.6 is 0 Å². The van der Waals surface area contributed by atoms with Crippen LogP contribution in [0.15, 0.2) is 53.4 Å². The second-order valence-corrected chi connectivity index (χ2v) is 8.62. The largest absolute Gasteiger partial charge is 0.391 e. The number of anilines is 1. The molecular weight excluding hydrogens is 388 g/mol. The van der Waals surface area contributed by atoms with Crippen molar-refractivity contribution in [2.24, 2.45) is 0 Å². The standard InChI is InChI=1S/C21H24N4O3S/c1-24(2)21(27)23-29(28)16-7-8-20(25-10-9-15(26)13-25)17(12-16)19-11-14-5-3-4-6-18(14)22-19/h3-8,11-12,15,22,26H,9-10,13H2,1-2H3,(H,23,27). The van der Waals surface area contributed by atoms with Crippen molar-refractivity contribution in [3.05, 3.63) is 48.5 Å². The topological polar surface area (TPSA) is 88.7 Å². The number of fused-ring (bicyclic) bond motifs is 1. The summed E-state index contributed by atoms with van der Waals surface area (Å²) in [5.74, 6) is 0. The van der Waals surface area contributed by atoms with Gasteiger partial charge in [0.2, 0.25) is 0 Å². The molecular formula is C21H24N4O3S. The summed E-state index contributed by atoms with van der Waals surface area (Å²) in [6.45, 7) is 1.32. The lowest BCUT2D eigenvalue weighted by molar-refractivity contribution is 0.198. The van der Waals surface area contributed by atoms with Crippen molar-refractivity contribution in [2.45, 2.75) is 17.4 Å². The first-order chi connectivity index (χ1) is 13.9. The van der Waals surface area contributed by atoms with Crippen molar-refractivity contribution < 1.29 is 14.1 Å². The fraction of sp³-hybridized carbons (Fsp3) is 0.286. The van der Waals surface area contributed by atoms with Crippen LogP contribution in [0.1, 0.15) is 6.42 Å². The van der Waals surface area contributed by atoms with E-state index in [9.17, 15) is 14.1 Å². The second-order valence-electron chi connectivity index (χ2n) is 7.41. The molecule has 2 unspecified atom stereocenters. The fourth-order valence-corrected chi connectivity index (χ4v) is 4.41. The Hall–Kier alpha value is -2.84. The number of para-hydroxylation sites is 1. The van der Waals surface area contributed by atoms with Crippen LogP contribution in [0.3, 0.4) is 0 Å². The highest BCUT2D eigenvalue weighted by molar-refractivity contribution is 7.83. The minimum absolute atomic E-state index is 0.348. The van der Waals surface area contributed by atoms with Gasteiger partial charge in [-0.25, -0.2) is 9.00 Å². The van der Waals surface area contributed by atoms with Crippen LogP contribution < -0.4 is 9.62 Å². The van der Waals surface area contributed by atoms with Crippen LogP contribution in [-0.4, -0.2) is 58.5 Å². The van der Waals surface area contributed by atoms with Gasteiger partial charge in [0.1, 0.15) is 0 Å². The summed E-state index contributed by atoms with van der Waals surface area (Å²) in [5.41, 5.74) is 3.77. The van der Waals surface area contributed by atoms with Gasteiger partial charge in [0.15, 0.2) is 11.0 Å². The molecule has 4 rings (SSSR count). The number of urea groups is 1. The Morgan fingerprint density at radius 1 is 1.24 bits per heavy atom. The average Bonchev–Trinajstić information content (AvgIpc) is 3.33. The van der Waals surface area contributed by atoms with Crippen molar-refractivity contribution in [2.75, 3.05) is 32.1 Å². The quantitative estimate of drug-likeness (QED) is 0.615. The maximum atomic E-state index is 12.7. The molecule has 8 heteroatoms. The van der Waals surface area contributed by atoms with E-state index < -0.39 is 17.0 Å². The van der Waals surface area contributed by atoms with Crippen molar-refractivity contribution in [1.82, 2.24) is 14.6 Å². The van der Waals surface area contributed by atoms with E-state index in [2.05, 4.69) is 20.7 Å². The predicted octanol–water partition coefficient (Wildman–Crippen LogP) is 2.70. The van der Waals surface area contributed by atoms with Crippen LogP contribution in [-0.2, 0) is 11.0 Å². The molecule has 3 N–H and O–H groups in total. The monoisotopic (exact) mass is 412 g/mol. The number of β-amino-alcohol motifs (C(OH)–C–C–N with tert-alkyl or cyclic N) is 1. The van der Waals surface area contributed by atoms with Crippen LogP contribution in [0.4, 0.5) is 10.5 Å². The summed E-state index contributed by atoms with van der Waals surface area (Å²) in [5, 5.41) is 11.1. The maximum Gasteiger partial charge on any atom is 0.328 e. The van der Waals surface area contributed by atoms with Crippen LogP contribution in [0.5, 0.6) is 0 Å². The molecule has 1 aliphatic rings. The van der Waals surface area contributed by atoms with E-state index in [0.29, 0.717) is 11.4 Å². The molecule has 152 valence electrons. The Kier molecular flexibility index (Phi) is 5.29. The number of amides is 2. The molecule has 2 heterocycles. The Balaban J connectivity index is 1.76. The Labute approximate surface area is 171 Å². The van der Waals surface area contributed by atoms with Gasteiger partial charge in [-0.1, -0.05) is 18.2 Å². The summed E-state index contributed by atoms with van der Waals surface area (Å²) in [6, 6.07) is 15.2. The summed E-state index contributed by atoms with van der Waals surface area (Å²) in [4.78, 5) is 19.3. The van der Waals surface area contributed by atoms with Gasteiger partial charge in [-0.2, -0.15) is 0 Å². The molecule has 7 nitrogen and oxygen atoms in total. The number of nitrogens with zero attached hydrogens (tertiary/aromatic N) is 2. The minimum atomic E-state index is -1.68. The number of aliphatic hydroxyl groups excluding tert-OH is 1. The molecule has 0 aliphatic carbocycles. The fourth-order valence-electron chi connectivity index (χ4n) is 3.53. The number of nitrogens with one attached hydrogen (secondary N) is 2. The molecule has 2 aromatic carbocycles. The number of carbonyl (C=O) groups excluding carboxylic acids is 1.